The highest BCUT2D eigenvalue weighted by Gasteiger charge is 2.21. The van der Waals surface area contributed by atoms with Crippen molar-refractivity contribution in [1.82, 2.24) is 19.5 Å². The number of hydrogen-bond donors (Lipinski definition) is 0. The van der Waals surface area contributed by atoms with E-state index in [1.807, 2.05) is 17.6 Å². The molecule has 0 aromatic carbocycles. The Morgan fingerprint density at radius 2 is 2.25 bits per heavy atom. The third-order valence-corrected chi connectivity index (χ3v) is 4.45. The maximum Gasteiger partial charge on any atom is 0.160 e. The van der Waals surface area contributed by atoms with E-state index >= 15 is 0 Å². The summed E-state index contributed by atoms with van der Waals surface area (Å²) in [5.41, 5.74) is 1.57. The minimum absolute atomic E-state index is 0.0995. The van der Waals surface area contributed by atoms with Gasteiger partial charge in [0, 0.05) is 17.8 Å². The standard InChI is InChI=1S/C13H12Cl2N4S/c1-2-10(13-16-3-4-20-13)19-11(6-14)18-9-5-8(15)7-17-12(9)19/h3-5,7,10H,2,6H2,1H3. The Labute approximate surface area is 130 Å². The van der Waals surface area contributed by atoms with Gasteiger partial charge in [0.2, 0.25) is 0 Å². The van der Waals surface area contributed by atoms with E-state index in [1.54, 1.807) is 17.5 Å². The monoisotopic (exact) mass is 326 g/mol. The van der Waals surface area contributed by atoms with Crippen molar-refractivity contribution in [1.29, 1.82) is 0 Å². The largest absolute Gasteiger partial charge is 0.302 e. The molecule has 3 heterocycles. The smallest absolute Gasteiger partial charge is 0.160 e. The van der Waals surface area contributed by atoms with Gasteiger partial charge < -0.3 is 4.57 Å². The van der Waals surface area contributed by atoms with Crippen LogP contribution in [0.5, 0.6) is 0 Å². The van der Waals surface area contributed by atoms with Crippen LogP contribution < -0.4 is 0 Å². The summed E-state index contributed by atoms with van der Waals surface area (Å²) in [5, 5.41) is 3.59. The SMILES string of the molecule is CCC(c1nccs1)n1c(CCl)nc2cc(Cl)cnc21. The molecule has 1 atom stereocenters. The van der Waals surface area contributed by atoms with Crippen LogP contribution in [0.25, 0.3) is 11.2 Å². The fraction of sp³-hybridized carbons (Fsp3) is 0.308. The molecule has 0 saturated heterocycles. The van der Waals surface area contributed by atoms with Gasteiger partial charge in [-0.2, -0.15) is 0 Å². The van der Waals surface area contributed by atoms with Crippen molar-refractivity contribution < 1.29 is 0 Å². The molecule has 20 heavy (non-hydrogen) atoms. The van der Waals surface area contributed by atoms with Gasteiger partial charge in [-0.3, -0.25) is 0 Å². The van der Waals surface area contributed by atoms with Gasteiger partial charge in [0.05, 0.1) is 16.9 Å². The molecule has 4 nitrogen and oxygen atoms in total. The van der Waals surface area contributed by atoms with Gasteiger partial charge in [-0.25, -0.2) is 15.0 Å². The van der Waals surface area contributed by atoms with E-state index in [9.17, 15) is 0 Å². The van der Waals surface area contributed by atoms with Crippen LogP contribution in [0.15, 0.2) is 23.8 Å². The lowest BCUT2D eigenvalue weighted by Gasteiger charge is -2.16. The molecule has 0 aliphatic heterocycles. The van der Waals surface area contributed by atoms with Crippen LogP contribution in [0, 0.1) is 0 Å². The van der Waals surface area contributed by atoms with Gasteiger partial charge in [0.1, 0.15) is 16.3 Å². The summed E-state index contributed by atoms with van der Waals surface area (Å²) in [6.45, 7) is 2.12. The summed E-state index contributed by atoms with van der Waals surface area (Å²) in [7, 11) is 0. The highest BCUT2D eigenvalue weighted by Crippen LogP contribution is 2.30. The zero-order valence-corrected chi connectivity index (χ0v) is 13.1. The van der Waals surface area contributed by atoms with Crippen molar-refractivity contribution in [3.05, 3.63) is 39.7 Å². The predicted octanol–water partition coefficient (Wildman–Crippen LogP) is 4.28. The van der Waals surface area contributed by atoms with E-state index in [4.69, 9.17) is 23.2 Å². The van der Waals surface area contributed by atoms with Gasteiger partial charge in [-0.05, 0) is 12.5 Å². The molecule has 0 N–H and O–H groups in total. The minimum Gasteiger partial charge on any atom is -0.302 e. The van der Waals surface area contributed by atoms with Crippen LogP contribution in [0.3, 0.4) is 0 Å². The summed E-state index contributed by atoms with van der Waals surface area (Å²) in [5.74, 6) is 1.12. The Morgan fingerprint density at radius 1 is 1.40 bits per heavy atom. The molecular formula is C13H12Cl2N4S. The molecule has 0 aliphatic carbocycles. The highest BCUT2D eigenvalue weighted by molar-refractivity contribution is 7.09. The molecule has 0 fully saturated rings. The third kappa shape index (κ3) is 2.30. The first-order chi connectivity index (χ1) is 9.74. The van der Waals surface area contributed by atoms with Gasteiger partial charge >= 0.3 is 0 Å². The van der Waals surface area contributed by atoms with Gasteiger partial charge in [-0.15, -0.1) is 22.9 Å². The molecule has 7 heteroatoms. The topological polar surface area (TPSA) is 43.6 Å². The Bertz CT molecular complexity index is 723. The molecule has 3 rings (SSSR count). The average Bonchev–Trinajstić information content (AvgIpc) is 3.08. The maximum absolute atomic E-state index is 6.04. The van der Waals surface area contributed by atoms with E-state index in [-0.39, 0.29) is 6.04 Å². The van der Waals surface area contributed by atoms with Crippen molar-refractivity contribution in [3.63, 3.8) is 0 Å². The quantitative estimate of drug-likeness (QED) is 0.672. The lowest BCUT2D eigenvalue weighted by molar-refractivity contribution is 0.558. The second-order valence-corrected chi connectivity index (χ2v) is 5.95. The fourth-order valence-electron chi connectivity index (χ4n) is 2.29. The van der Waals surface area contributed by atoms with Crippen LogP contribution in [-0.2, 0) is 5.88 Å². The van der Waals surface area contributed by atoms with Crippen molar-refractivity contribution in [2.24, 2.45) is 0 Å². The molecule has 0 saturated carbocycles. The van der Waals surface area contributed by atoms with Crippen LogP contribution in [-0.4, -0.2) is 19.5 Å². The predicted molar refractivity (Wildman–Crippen MR) is 82.6 cm³/mol. The fourth-order valence-corrected chi connectivity index (χ4v) is 3.45. The number of rotatable bonds is 4. The zero-order valence-electron chi connectivity index (χ0n) is 10.8. The van der Waals surface area contributed by atoms with Crippen LogP contribution in [0.1, 0.15) is 30.2 Å². The number of alkyl halides is 1. The molecule has 3 aromatic heterocycles. The molecule has 104 valence electrons. The van der Waals surface area contributed by atoms with Crippen molar-refractivity contribution in [2.75, 3.05) is 0 Å². The number of fused-ring (bicyclic) bond motifs is 1. The number of imidazole rings is 1. The lowest BCUT2D eigenvalue weighted by atomic mass is 10.2. The Morgan fingerprint density at radius 3 is 2.90 bits per heavy atom. The molecule has 0 aliphatic rings. The molecule has 3 aromatic rings. The summed E-state index contributed by atoms with van der Waals surface area (Å²) in [6.07, 6.45) is 4.34. The number of hydrogen-bond acceptors (Lipinski definition) is 4. The Kier molecular flexibility index (Phi) is 3.92. The minimum atomic E-state index is 0.0995. The normalized spacial score (nSPS) is 12.9. The first kappa shape index (κ1) is 13.8. The summed E-state index contributed by atoms with van der Waals surface area (Å²) in [4.78, 5) is 13.4. The van der Waals surface area contributed by atoms with Crippen LogP contribution in [0.4, 0.5) is 0 Å². The zero-order chi connectivity index (χ0) is 14.1. The molecule has 0 radical (unpaired) electrons. The first-order valence-electron chi connectivity index (χ1n) is 6.22. The molecular weight excluding hydrogens is 315 g/mol. The number of aromatic nitrogens is 4. The van der Waals surface area contributed by atoms with E-state index in [2.05, 4.69) is 26.4 Å². The molecule has 0 bridgehead atoms. The summed E-state index contributed by atoms with van der Waals surface area (Å²) < 4.78 is 2.07. The average molecular weight is 327 g/mol. The van der Waals surface area contributed by atoms with Crippen molar-refractivity contribution in [2.45, 2.75) is 25.3 Å². The third-order valence-electron chi connectivity index (χ3n) is 3.12. The molecule has 0 spiro atoms. The summed E-state index contributed by atoms with van der Waals surface area (Å²) in [6, 6.07) is 1.91. The second-order valence-electron chi connectivity index (χ2n) is 4.32. The summed E-state index contributed by atoms with van der Waals surface area (Å²) >= 11 is 13.7. The van der Waals surface area contributed by atoms with E-state index in [0.29, 0.717) is 10.9 Å². The van der Waals surface area contributed by atoms with Crippen molar-refractivity contribution >= 4 is 45.7 Å². The molecule has 0 amide bonds. The Hall–Kier alpha value is -1.17. The number of pyridine rings is 1. The van der Waals surface area contributed by atoms with Crippen LogP contribution in [0.2, 0.25) is 5.02 Å². The van der Waals surface area contributed by atoms with E-state index in [1.165, 1.54) is 0 Å². The van der Waals surface area contributed by atoms with E-state index in [0.717, 1.165) is 28.4 Å². The number of nitrogens with zero attached hydrogens (tertiary/aromatic N) is 4. The maximum atomic E-state index is 6.04. The van der Waals surface area contributed by atoms with Crippen LogP contribution >= 0.6 is 34.5 Å². The highest BCUT2D eigenvalue weighted by atomic mass is 35.5. The lowest BCUT2D eigenvalue weighted by Crippen LogP contribution is -2.12. The Balaban J connectivity index is 2.22. The van der Waals surface area contributed by atoms with Crippen molar-refractivity contribution in [3.8, 4) is 0 Å². The number of thiazole rings is 1. The van der Waals surface area contributed by atoms with Gasteiger partial charge in [0.15, 0.2) is 5.65 Å². The van der Waals surface area contributed by atoms with E-state index < -0.39 is 0 Å². The second kappa shape index (κ2) is 5.68. The van der Waals surface area contributed by atoms with Gasteiger partial charge in [-0.1, -0.05) is 18.5 Å². The molecule has 1 unspecified atom stereocenters. The first-order valence-corrected chi connectivity index (χ1v) is 8.01. The van der Waals surface area contributed by atoms with Gasteiger partial charge in [0.25, 0.3) is 0 Å². The number of halogens is 2.